The van der Waals surface area contributed by atoms with E-state index >= 15 is 0 Å². The highest BCUT2D eigenvalue weighted by molar-refractivity contribution is 5.90. The maximum Gasteiger partial charge on any atom is 0.270 e. The molecule has 36 heavy (non-hydrogen) atoms. The molecule has 0 saturated heterocycles. The number of hydrogen-bond donors (Lipinski definition) is 0. The largest absolute Gasteiger partial charge is 0.318 e. The van der Waals surface area contributed by atoms with Gasteiger partial charge >= 0.3 is 0 Å². The molecule has 2 aromatic carbocycles. The van der Waals surface area contributed by atoms with Gasteiger partial charge < -0.3 is 4.57 Å². The minimum atomic E-state index is -0.433. The predicted octanol–water partition coefficient (Wildman–Crippen LogP) is 7.53. The van der Waals surface area contributed by atoms with Crippen molar-refractivity contribution in [2.24, 2.45) is 17.8 Å². The molecule has 0 spiro atoms. The van der Waals surface area contributed by atoms with Gasteiger partial charge in [-0.15, -0.1) is 0 Å². The first-order chi connectivity index (χ1) is 17.3. The van der Waals surface area contributed by atoms with Crippen molar-refractivity contribution in [2.75, 3.05) is 0 Å². The highest BCUT2D eigenvalue weighted by Gasteiger charge is 2.51. The Hall–Kier alpha value is -3.65. The van der Waals surface area contributed by atoms with E-state index in [-0.39, 0.29) is 5.69 Å². The quantitative estimate of drug-likeness (QED) is 0.216. The van der Waals surface area contributed by atoms with E-state index in [1.165, 1.54) is 56.2 Å². The van der Waals surface area contributed by atoms with Gasteiger partial charge in [-0.1, -0.05) is 24.3 Å². The lowest BCUT2D eigenvalue weighted by Crippen LogP contribution is -2.48. The standard InChI is InChI=1S/C31H31N3O2/c1-20-10-26(14-27(19-32)25-4-3-5-30(15-25)34(35)36)21(2)33(20)29-8-6-28(7-9-29)31-16-22-11-23(17-31)13-24(12-22)18-31/h3-10,14-15,22-24H,11-13,16-18H2,1-2H3/b27-14-. The number of aryl methyl sites for hydroxylation is 1. The Morgan fingerprint density at radius 3 is 2.25 bits per heavy atom. The highest BCUT2D eigenvalue weighted by Crippen LogP contribution is 2.60. The molecule has 182 valence electrons. The number of nitro groups is 1. The first kappa shape index (κ1) is 22.8. The normalized spacial score (nSPS) is 26.7. The minimum Gasteiger partial charge on any atom is -0.318 e. The fourth-order valence-electron chi connectivity index (χ4n) is 7.88. The Morgan fingerprint density at radius 2 is 1.67 bits per heavy atom. The monoisotopic (exact) mass is 477 g/mol. The second-order valence-corrected chi connectivity index (χ2v) is 11.4. The molecule has 0 N–H and O–H groups in total. The van der Waals surface area contributed by atoms with Gasteiger partial charge in [-0.05, 0) is 117 Å². The number of nitrogens with zero attached hydrogens (tertiary/aromatic N) is 3. The molecular weight excluding hydrogens is 446 g/mol. The van der Waals surface area contributed by atoms with Crippen LogP contribution >= 0.6 is 0 Å². The van der Waals surface area contributed by atoms with Crippen LogP contribution in [0.15, 0.2) is 54.6 Å². The van der Waals surface area contributed by atoms with E-state index in [0.29, 0.717) is 16.6 Å². The minimum absolute atomic E-state index is 0.0155. The molecular formula is C31H31N3O2. The van der Waals surface area contributed by atoms with E-state index in [9.17, 15) is 15.4 Å². The number of rotatable bonds is 5. The van der Waals surface area contributed by atoms with E-state index in [1.807, 2.05) is 6.08 Å². The third kappa shape index (κ3) is 3.76. The van der Waals surface area contributed by atoms with E-state index in [4.69, 9.17) is 0 Å². The summed E-state index contributed by atoms with van der Waals surface area (Å²) in [5, 5.41) is 21.0. The van der Waals surface area contributed by atoms with Crippen molar-refractivity contribution >= 4 is 17.3 Å². The van der Waals surface area contributed by atoms with Crippen molar-refractivity contribution in [1.29, 1.82) is 5.26 Å². The van der Waals surface area contributed by atoms with Crippen LogP contribution in [0.3, 0.4) is 0 Å². The lowest BCUT2D eigenvalue weighted by atomic mass is 9.48. The zero-order valence-corrected chi connectivity index (χ0v) is 20.9. The summed E-state index contributed by atoms with van der Waals surface area (Å²) in [5.74, 6) is 2.79. The van der Waals surface area contributed by atoms with Gasteiger partial charge in [-0.25, -0.2) is 0 Å². The van der Waals surface area contributed by atoms with E-state index < -0.39 is 4.92 Å². The fourth-order valence-corrected chi connectivity index (χ4v) is 7.88. The number of non-ortho nitro benzene ring substituents is 1. The van der Waals surface area contributed by atoms with Crippen LogP contribution in [0.1, 0.15) is 66.6 Å². The predicted molar refractivity (Wildman–Crippen MR) is 142 cm³/mol. The molecule has 5 nitrogen and oxygen atoms in total. The van der Waals surface area contributed by atoms with Crippen molar-refractivity contribution in [2.45, 2.75) is 57.8 Å². The summed E-state index contributed by atoms with van der Waals surface area (Å²) in [5.41, 5.74) is 7.08. The number of aromatic nitrogens is 1. The number of allylic oxidation sites excluding steroid dienone is 1. The lowest BCUT2D eigenvalue weighted by Gasteiger charge is -2.57. The van der Waals surface area contributed by atoms with Crippen LogP contribution < -0.4 is 0 Å². The van der Waals surface area contributed by atoms with Crippen molar-refractivity contribution in [3.63, 3.8) is 0 Å². The summed E-state index contributed by atoms with van der Waals surface area (Å²) in [6.45, 7) is 4.14. The van der Waals surface area contributed by atoms with Crippen LogP contribution in [0.25, 0.3) is 17.3 Å². The molecule has 3 aromatic rings. The zero-order valence-electron chi connectivity index (χ0n) is 20.9. The average Bonchev–Trinajstić information content (AvgIpc) is 3.14. The van der Waals surface area contributed by atoms with Gasteiger partial charge in [0.2, 0.25) is 0 Å². The average molecular weight is 478 g/mol. The van der Waals surface area contributed by atoms with Crippen LogP contribution in [0.2, 0.25) is 0 Å². The smallest absolute Gasteiger partial charge is 0.270 e. The molecule has 5 heteroatoms. The molecule has 4 saturated carbocycles. The van der Waals surface area contributed by atoms with Crippen LogP contribution in [-0.2, 0) is 5.41 Å². The van der Waals surface area contributed by atoms with Crippen molar-refractivity contribution < 1.29 is 4.92 Å². The highest BCUT2D eigenvalue weighted by atomic mass is 16.6. The Bertz CT molecular complexity index is 1390. The Kier molecular flexibility index (Phi) is 5.37. The molecule has 1 heterocycles. The van der Waals surface area contributed by atoms with Gasteiger partial charge in [0, 0.05) is 29.2 Å². The van der Waals surface area contributed by atoms with Crippen LogP contribution in [0, 0.1) is 53.0 Å². The third-order valence-corrected chi connectivity index (χ3v) is 9.03. The molecule has 7 rings (SSSR count). The van der Waals surface area contributed by atoms with Crippen LogP contribution in [0.4, 0.5) is 5.69 Å². The van der Waals surface area contributed by atoms with E-state index in [0.717, 1.165) is 40.4 Å². The molecule has 0 atom stereocenters. The summed E-state index contributed by atoms with van der Waals surface area (Å²) < 4.78 is 2.23. The summed E-state index contributed by atoms with van der Waals surface area (Å²) >= 11 is 0. The fraction of sp³-hybridized carbons (Fsp3) is 0.387. The van der Waals surface area contributed by atoms with Gasteiger partial charge in [0.15, 0.2) is 0 Å². The number of hydrogen-bond acceptors (Lipinski definition) is 3. The number of nitro benzene ring substituents is 1. The molecule has 0 aliphatic heterocycles. The number of nitriles is 1. The van der Waals surface area contributed by atoms with Gasteiger partial charge in [-0.3, -0.25) is 10.1 Å². The Morgan fingerprint density at radius 1 is 1.03 bits per heavy atom. The molecule has 4 bridgehead atoms. The molecule has 1 aromatic heterocycles. The molecule has 4 aliphatic carbocycles. The molecule has 0 amide bonds. The summed E-state index contributed by atoms with van der Waals surface area (Å²) in [6.07, 6.45) is 10.3. The zero-order chi connectivity index (χ0) is 25.0. The Labute approximate surface area is 212 Å². The molecule has 0 radical (unpaired) electrons. The third-order valence-electron chi connectivity index (χ3n) is 9.03. The Balaban J connectivity index is 1.31. The maximum atomic E-state index is 11.2. The summed E-state index contributed by atoms with van der Waals surface area (Å²) in [7, 11) is 0. The molecule has 4 aliphatic rings. The van der Waals surface area contributed by atoms with E-state index in [1.54, 1.807) is 12.1 Å². The van der Waals surface area contributed by atoms with Crippen molar-refractivity contribution in [1.82, 2.24) is 4.57 Å². The second-order valence-electron chi connectivity index (χ2n) is 11.4. The van der Waals surface area contributed by atoms with Crippen LogP contribution in [-0.4, -0.2) is 9.49 Å². The molecule has 0 unspecified atom stereocenters. The van der Waals surface area contributed by atoms with Gasteiger partial charge in [0.25, 0.3) is 5.69 Å². The summed E-state index contributed by atoms with van der Waals surface area (Å²) in [4.78, 5) is 10.7. The molecule has 4 fully saturated rings. The van der Waals surface area contributed by atoms with Gasteiger partial charge in [0.1, 0.15) is 0 Å². The number of benzene rings is 2. The topological polar surface area (TPSA) is 71.9 Å². The maximum absolute atomic E-state index is 11.2. The first-order valence-corrected chi connectivity index (χ1v) is 13.0. The lowest BCUT2D eigenvalue weighted by molar-refractivity contribution is -0.384. The van der Waals surface area contributed by atoms with Gasteiger partial charge in [-0.2, -0.15) is 5.26 Å². The van der Waals surface area contributed by atoms with E-state index in [2.05, 4.69) is 54.8 Å². The van der Waals surface area contributed by atoms with Crippen molar-refractivity contribution in [3.8, 4) is 11.8 Å². The SMILES string of the molecule is Cc1cc(/C=C(/C#N)c2cccc([N+](=O)[O-])c2)c(C)n1-c1ccc(C23CC4CC(CC(C4)C2)C3)cc1. The van der Waals surface area contributed by atoms with Crippen molar-refractivity contribution in [3.05, 3.63) is 92.8 Å². The first-order valence-electron chi connectivity index (χ1n) is 13.0. The summed E-state index contributed by atoms with van der Waals surface area (Å²) in [6, 6.07) is 19.8. The second kappa shape index (κ2) is 8.48. The van der Waals surface area contributed by atoms with Crippen LogP contribution in [0.5, 0.6) is 0 Å². The van der Waals surface area contributed by atoms with Gasteiger partial charge in [0.05, 0.1) is 16.6 Å².